The summed E-state index contributed by atoms with van der Waals surface area (Å²) in [6.07, 6.45) is 0.556. The van der Waals surface area contributed by atoms with Crippen LogP contribution in [0.4, 0.5) is 0 Å². The Balaban J connectivity index is 2.35. The van der Waals surface area contributed by atoms with E-state index in [2.05, 4.69) is 27.3 Å². The summed E-state index contributed by atoms with van der Waals surface area (Å²) in [7, 11) is 0. The van der Waals surface area contributed by atoms with Gasteiger partial charge in [0.1, 0.15) is 0 Å². The lowest BCUT2D eigenvalue weighted by Crippen LogP contribution is -2.25. The van der Waals surface area contributed by atoms with Crippen molar-refractivity contribution in [2.45, 2.75) is 26.0 Å². The molecule has 0 aliphatic heterocycles. The highest BCUT2D eigenvalue weighted by atomic mass is 79.9. The van der Waals surface area contributed by atoms with E-state index in [0.29, 0.717) is 6.54 Å². The predicted octanol–water partition coefficient (Wildman–Crippen LogP) is 2.31. The van der Waals surface area contributed by atoms with Gasteiger partial charge < -0.3 is 10.4 Å². The van der Waals surface area contributed by atoms with Gasteiger partial charge in [-0.2, -0.15) is 0 Å². The average molecular weight is 258 g/mol. The molecule has 0 bridgehead atoms. The van der Waals surface area contributed by atoms with Gasteiger partial charge in [-0.3, -0.25) is 0 Å². The Bertz CT molecular complexity index is 278. The molecule has 1 aromatic rings. The van der Waals surface area contributed by atoms with E-state index in [1.165, 1.54) is 5.56 Å². The first kappa shape index (κ1) is 11.7. The summed E-state index contributed by atoms with van der Waals surface area (Å²) < 4.78 is 1.11. The van der Waals surface area contributed by atoms with E-state index in [9.17, 15) is 5.11 Å². The zero-order chi connectivity index (χ0) is 10.4. The minimum atomic E-state index is -0.238. The standard InChI is InChI=1S/C11H16BrNO/c1-2-10(14)8-13-7-9-5-3-4-6-11(9)12/h3-6,10,13-14H,2,7-8H2,1H3. The molecule has 0 aromatic heterocycles. The molecule has 0 radical (unpaired) electrons. The van der Waals surface area contributed by atoms with Crippen LogP contribution in [0.3, 0.4) is 0 Å². The van der Waals surface area contributed by atoms with Crippen molar-refractivity contribution < 1.29 is 5.11 Å². The lowest BCUT2D eigenvalue weighted by Gasteiger charge is -2.10. The quantitative estimate of drug-likeness (QED) is 0.849. The van der Waals surface area contributed by atoms with Gasteiger partial charge in [0.2, 0.25) is 0 Å². The second kappa shape index (κ2) is 6.17. The lowest BCUT2D eigenvalue weighted by atomic mass is 10.2. The van der Waals surface area contributed by atoms with Gasteiger partial charge in [0.25, 0.3) is 0 Å². The Morgan fingerprint density at radius 1 is 1.43 bits per heavy atom. The van der Waals surface area contributed by atoms with Crippen LogP contribution in [0.15, 0.2) is 28.7 Å². The zero-order valence-corrected chi connectivity index (χ0v) is 9.92. The molecule has 1 unspecified atom stereocenters. The highest BCUT2D eigenvalue weighted by Crippen LogP contribution is 2.15. The van der Waals surface area contributed by atoms with Crippen LogP contribution >= 0.6 is 15.9 Å². The van der Waals surface area contributed by atoms with Crippen molar-refractivity contribution in [1.29, 1.82) is 0 Å². The maximum absolute atomic E-state index is 9.33. The maximum Gasteiger partial charge on any atom is 0.0662 e. The molecule has 2 nitrogen and oxygen atoms in total. The second-order valence-electron chi connectivity index (χ2n) is 3.28. The first-order valence-corrected chi connectivity index (χ1v) is 5.65. The van der Waals surface area contributed by atoms with Gasteiger partial charge in [-0.05, 0) is 18.1 Å². The molecule has 0 aliphatic rings. The van der Waals surface area contributed by atoms with E-state index in [-0.39, 0.29) is 6.10 Å². The fraction of sp³-hybridized carbons (Fsp3) is 0.455. The van der Waals surface area contributed by atoms with Gasteiger partial charge in [-0.1, -0.05) is 41.1 Å². The molecule has 0 saturated carbocycles. The largest absolute Gasteiger partial charge is 0.392 e. The van der Waals surface area contributed by atoms with Crippen molar-refractivity contribution in [1.82, 2.24) is 5.32 Å². The number of aliphatic hydroxyl groups is 1. The molecule has 0 amide bonds. The molecule has 0 spiro atoms. The van der Waals surface area contributed by atoms with Gasteiger partial charge in [-0.15, -0.1) is 0 Å². The molecule has 1 atom stereocenters. The van der Waals surface area contributed by atoms with E-state index < -0.39 is 0 Å². The molecule has 14 heavy (non-hydrogen) atoms. The first-order valence-electron chi connectivity index (χ1n) is 4.86. The monoisotopic (exact) mass is 257 g/mol. The van der Waals surface area contributed by atoms with Crippen LogP contribution in [0.25, 0.3) is 0 Å². The van der Waals surface area contributed by atoms with E-state index in [0.717, 1.165) is 17.4 Å². The molecule has 0 fully saturated rings. The molecule has 0 saturated heterocycles. The van der Waals surface area contributed by atoms with Gasteiger partial charge in [0.05, 0.1) is 6.10 Å². The SMILES string of the molecule is CCC(O)CNCc1ccccc1Br. The van der Waals surface area contributed by atoms with E-state index >= 15 is 0 Å². The molecular formula is C11H16BrNO. The Morgan fingerprint density at radius 3 is 2.79 bits per heavy atom. The third-order valence-corrected chi connectivity index (χ3v) is 2.90. The van der Waals surface area contributed by atoms with Crippen LogP contribution in [0.2, 0.25) is 0 Å². The average Bonchev–Trinajstić information content (AvgIpc) is 2.20. The molecular weight excluding hydrogens is 242 g/mol. The van der Waals surface area contributed by atoms with Crippen molar-refractivity contribution in [3.8, 4) is 0 Å². The Kier molecular flexibility index (Phi) is 5.15. The number of rotatable bonds is 5. The molecule has 1 aromatic carbocycles. The van der Waals surface area contributed by atoms with Crippen LogP contribution in [-0.2, 0) is 6.54 Å². The third kappa shape index (κ3) is 3.78. The summed E-state index contributed by atoms with van der Waals surface area (Å²) in [5, 5.41) is 12.5. The topological polar surface area (TPSA) is 32.3 Å². The van der Waals surface area contributed by atoms with E-state index in [4.69, 9.17) is 0 Å². The molecule has 2 N–H and O–H groups in total. The summed E-state index contributed by atoms with van der Waals surface area (Å²) in [6, 6.07) is 8.09. The Morgan fingerprint density at radius 2 is 2.14 bits per heavy atom. The van der Waals surface area contributed by atoms with Gasteiger partial charge in [0, 0.05) is 17.6 Å². The highest BCUT2D eigenvalue weighted by molar-refractivity contribution is 9.10. The van der Waals surface area contributed by atoms with Crippen molar-refractivity contribution in [2.75, 3.05) is 6.54 Å². The van der Waals surface area contributed by atoms with Crippen LogP contribution in [0.5, 0.6) is 0 Å². The summed E-state index contributed by atoms with van der Waals surface area (Å²) in [5.41, 5.74) is 1.22. The van der Waals surface area contributed by atoms with Crippen molar-refractivity contribution in [2.24, 2.45) is 0 Å². The number of halogens is 1. The van der Waals surface area contributed by atoms with E-state index in [1.54, 1.807) is 0 Å². The van der Waals surface area contributed by atoms with Crippen molar-refractivity contribution >= 4 is 15.9 Å². The smallest absolute Gasteiger partial charge is 0.0662 e. The minimum absolute atomic E-state index is 0.238. The van der Waals surface area contributed by atoms with Gasteiger partial charge in [0.15, 0.2) is 0 Å². The minimum Gasteiger partial charge on any atom is -0.392 e. The number of hydrogen-bond donors (Lipinski definition) is 2. The number of aliphatic hydroxyl groups excluding tert-OH is 1. The van der Waals surface area contributed by atoms with Gasteiger partial charge >= 0.3 is 0 Å². The Labute approximate surface area is 93.5 Å². The summed E-state index contributed by atoms with van der Waals surface area (Å²) in [6.45, 7) is 3.42. The lowest BCUT2D eigenvalue weighted by molar-refractivity contribution is 0.167. The highest BCUT2D eigenvalue weighted by Gasteiger charge is 2.01. The fourth-order valence-electron chi connectivity index (χ4n) is 1.16. The Hall–Kier alpha value is -0.380. The van der Waals surface area contributed by atoms with Crippen LogP contribution in [0.1, 0.15) is 18.9 Å². The first-order chi connectivity index (χ1) is 6.74. The number of nitrogens with one attached hydrogen (secondary N) is 1. The van der Waals surface area contributed by atoms with Gasteiger partial charge in [-0.25, -0.2) is 0 Å². The van der Waals surface area contributed by atoms with Crippen molar-refractivity contribution in [3.63, 3.8) is 0 Å². The van der Waals surface area contributed by atoms with Crippen LogP contribution < -0.4 is 5.32 Å². The molecule has 0 heterocycles. The maximum atomic E-state index is 9.33. The molecule has 78 valence electrons. The zero-order valence-electron chi connectivity index (χ0n) is 8.33. The van der Waals surface area contributed by atoms with Crippen LogP contribution in [0, 0.1) is 0 Å². The summed E-state index contributed by atoms with van der Waals surface area (Å²) in [4.78, 5) is 0. The fourth-order valence-corrected chi connectivity index (χ4v) is 1.58. The third-order valence-electron chi connectivity index (χ3n) is 2.12. The number of benzene rings is 1. The normalized spacial score (nSPS) is 12.8. The number of hydrogen-bond acceptors (Lipinski definition) is 2. The molecule has 3 heteroatoms. The second-order valence-corrected chi connectivity index (χ2v) is 4.14. The summed E-state index contributed by atoms with van der Waals surface area (Å²) >= 11 is 3.48. The summed E-state index contributed by atoms with van der Waals surface area (Å²) in [5.74, 6) is 0. The van der Waals surface area contributed by atoms with Crippen LogP contribution in [-0.4, -0.2) is 17.8 Å². The molecule has 1 rings (SSSR count). The van der Waals surface area contributed by atoms with E-state index in [1.807, 2.05) is 25.1 Å². The molecule has 0 aliphatic carbocycles. The van der Waals surface area contributed by atoms with Crippen molar-refractivity contribution in [3.05, 3.63) is 34.3 Å². The predicted molar refractivity (Wildman–Crippen MR) is 62.1 cm³/mol.